The third-order valence-corrected chi connectivity index (χ3v) is 4.02. The molecular weight excluding hydrogens is 346 g/mol. The number of aromatic nitrogens is 3. The maximum atomic E-state index is 12.0. The van der Waals surface area contributed by atoms with E-state index in [1.807, 2.05) is 29.9 Å². The van der Waals surface area contributed by atoms with E-state index in [0.717, 1.165) is 5.69 Å². The third-order valence-electron chi connectivity index (χ3n) is 4.02. The normalized spacial score (nSPS) is 10.4. The van der Waals surface area contributed by atoms with Gasteiger partial charge < -0.3 is 19.8 Å². The Balaban J connectivity index is 1.75. The molecule has 0 spiro atoms. The van der Waals surface area contributed by atoms with E-state index in [-0.39, 0.29) is 16.9 Å². The van der Waals surface area contributed by atoms with Gasteiger partial charge in [-0.25, -0.2) is 4.79 Å². The number of aryl methyl sites for hydroxylation is 1. The Morgan fingerprint density at radius 1 is 1.30 bits per heavy atom. The molecule has 3 aromatic rings. The fraction of sp³-hybridized carbons (Fsp3) is 0.211. The zero-order valence-corrected chi connectivity index (χ0v) is 15.0. The van der Waals surface area contributed by atoms with Crippen molar-refractivity contribution in [3.63, 3.8) is 0 Å². The minimum absolute atomic E-state index is 0.0965. The van der Waals surface area contributed by atoms with Gasteiger partial charge in [0.2, 0.25) is 0 Å². The van der Waals surface area contributed by atoms with Crippen molar-refractivity contribution in [3.8, 4) is 17.5 Å². The van der Waals surface area contributed by atoms with E-state index < -0.39 is 5.97 Å². The number of hydrogen-bond acceptors (Lipinski definition) is 6. The molecule has 0 aliphatic carbocycles. The van der Waals surface area contributed by atoms with Gasteiger partial charge in [0.15, 0.2) is 5.69 Å². The highest BCUT2D eigenvalue weighted by molar-refractivity contribution is 5.95. The molecule has 8 heteroatoms. The van der Waals surface area contributed by atoms with Crippen LogP contribution in [0.15, 0.2) is 42.7 Å². The first-order valence-electron chi connectivity index (χ1n) is 8.26. The number of rotatable bonds is 6. The third kappa shape index (κ3) is 3.77. The van der Waals surface area contributed by atoms with Crippen molar-refractivity contribution in [1.29, 1.82) is 5.26 Å². The van der Waals surface area contributed by atoms with Gasteiger partial charge in [-0.15, -0.1) is 0 Å². The maximum Gasteiger partial charge on any atom is 0.357 e. The Morgan fingerprint density at radius 2 is 2.04 bits per heavy atom. The van der Waals surface area contributed by atoms with Gasteiger partial charge in [0, 0.05) is 18.1 Å². The molecule has 0 saturated heterocycles. The number of methoxy groups -OCH3 is 1. The second kappa shape index (κ2) is 7.66. The molecule has 0 bridgehead atoms. The molecule has 2 N–H and O–H groups in total. The molecule has 8 nitrogen and oxygen atoms in total. The quantitative estimate of drug-likeness (QED) is 0.672. The fourth-order valence-electron chi connectivity index (χ4n) is 2.67. The summed E-state index contributed by atoms with van der Waals surface area (Å²) in [4.78, 5) is 12.0. The molecule has 0 amide bonds. The number of nitrogens with two attached hydrogens (primary N) is 1. The predicted molar refractivity (Wildman–Crippen MR) is 98.7 cm³/mol. The Hall–Kier alpha value is -3.73. The molecule has 0 fully saturated rings. The number of benzene rings is 1. The second-order valence-electron chi connectivity index (χ2n) is 5.84. The molecule has 0 aliphatic heterocycles. The summed E-state index contributed by atoms with van der Waals surface area (Å²) in [6.45, 7) is 3.05. The highest BCUT2D eigenvalue weighted by atomic mass is 16.5. The van der Waals surface area contributed by atoms with Crippen LogP contribution in [0.25, 0.3) is 5.69 Å². The molecule has 0 saturated carbocycles. The van der Waals surface area contributed by atoms with Crippen LogP contribution in [0, 0.1) is 18.3 Å². The lowest BCUT2D eigenvalue weighted by Gasteiger charge is -2.10. The smallest absolute Gasteiger partial charge is 0.357 e. The Labute approximate surface area is 156 Å². The number of carbonyl (C=O) groups excluding carboxylic acids is 1. The summed E-state index contributed by atoms with van der Waals surface area (Å²) >= 11 is 0. The minimum atomic E-state index is -0.608. The molecule has 2 aromatic heterocycles. The number of esters is 1. The van der Waals surface area contributed by atoms with E-state index in [0.29, 0.717) is 24.6 Å². The van der Waals surface area contributed by atoms with Gasteiger partial charge in [-0.1, -0.05) is 0 Å². The van der Waals surface area contributed by atoms with E-state index in [1.54, 1.807) is 24.3 Å². The monoisotopic (exact) mass is 365 g/mol. The number of nitrogen functional groups attached to an aromatic ring is 1. The summed E-state index contributed by atoms with van der Waals surface area (Å²) in [5, 5.41) is 13.5. The van der Waals surface area contributed by atoms with Gasteiger partial charge in [-0.3, -0.25) is 4.68 Å². The van der Waals surface area contributed by atoms with Crippen LogP contribution in [0.3, 0.4) is 0 Å². The zero-order chi connectivity index (χ0) is 19.4. The Kier molecular flexibility index (Phi) is 5.13. The Bertz CT molecular complexity index is 996. The molecule has 0 aliphatic rings. The minimum Gasteiger partial charge on any atom is -0.492 e. The molecule has 138 valence electrons. The Morgan fingerprint density at radius 3 is 2.63 bits per heavy atom. The molecule has 0 atom stereocenters. The first-order chi connectivity index (χ1) is 13.0. The van der Waals surface area contributed by atoms with Crippen LogP contribution in [0.4, 0.5) is 5.69 Å². The summed E-state index contributed by atoms with van der Waals surface area (Å²) < 4.78 is 13.9. The number of anilines is 1. The van der Waals surface area contributed by atoms with Crippen molar-refractivity contribution >= 4 is 11.7 Å². The largest absolute Gasteiger partial charge is 0.492 e. The van der Waals surface area contributed by atoms with E-state index in [2.05, 4.69) is 5.10 Å². The average Bonchev–Trinajstić information content (AvgIpc) is 3.24. The first-order valence-corrected chi connectivity index (χ1v) is 8.26. The standard InChI is InChI=1S/C19H19N5O3/c1-13-7-8-23(22-13)9-10-27-16-5-3-15(4-6-16)24-12-14(11-20)17(21)18(24)19(25)26-2/h3-8,12H,9-10,21H2,1-2H3. The SMILES string of the molecule is COC(=O)c1c(N)c(C#N)cn1-c1ccc(OCCn2ccc(C)n2)cc1. The van der Waals surface area contributed by atoms with Crippen LogP contribution < -0.4 is 10.5 Å². The number of ether oxygens (including phenoxy) is 2. The summed E-state index contributed by atoms with van der Waals surface area (Å²) in [7, 11) is 1.27. The van der Waals surface area contributed by atoms with Gasteiger partial charge >= 0.3 is 5.97 Å². The van der Waals surface area contributed by atoms with Crippen LogP contribution in [-0.4, -0.2) is 34.0 Å². The summed E-state index contributed by atoms with van der Waals surface area (Å²) in [5.41, 5.74) is 7.96. The van der Waals surface area contributed by atoms with E-state index in [4.69, 9.17) is 15.2 Å². The van der Waals surface area contributed by atoms with Crippen LogP contribution in [0.1, 0.15) is 21.7 Å². The van der Waals surface area contributed by atoms with E-state index >= 15 is 0 Å². The van der Waals surface area contributed by atoms with Gasteiger partial charge in [0.1, 0.15) is 18.4 Å². The lowest BCUT2D eigenvalue weighted by molar-refractivity contribution is 0.0593. The fourth-order valence-corrected chi connectivity index (χ4v) is 2.67. The highest BCUT2D eigenvalue weighted by Crippen LogP contribution is 2.25. The summed E-state index contributed by atoms with van der Waals surface area (Å²) in [6.07, 6.45) is 3.41. The molecule has 27 heavy (non-hydrogen) atoms. The number of nitriles is 1. The van der Waals surface area contributed by atoms with E-state index in [1.165, 1.54) is 17.9 Å². The van der Waals surface area contributed by atoms with E-state index in [9.17, 15) is 10.1 Å². The average molecular weight is 365 g/mol. The van der Waals surface area contributed by atoms with Crippen molar-refractivity contribution in [3.05, 3.63) is 59.7 Å². The topological polar surface area (TPSA) is 108 Å². The van der Waals surface area contributed by atoms with Crippen molar-refractivity contribution in [2.45, 2.75) is 13.5 Å². The maximum absolute atomic E-state index is 12.0. The second-order valence-corrected chi connectivity index (χ2v) is 5.84. The number of hydrogen-bond donors (Lipinski definition) is 1. The molecule has 3 rings (SSSR count). The van der Waals surface area contributed by atoms with Crippen molar-refractivity contribution < 1.29 is 14.3 Å². The highest BCUT2D eigenvalue weighted by Gasteiger charge is 2.21. The molecule has 0 unspecified atom stereocenters. The molecule has 2 heterocycles. The molecular formula is C19H19N5O3. The predicted octanol–water partition coefficient (Wildman–Crippen LogP) is 2.30. The lowest BCUT2D eigenvalue weighted by Crippen LogP contribution is -2.11. The van der Waals surface area contributed by atoms with Crippen LogP contribution >= 0.6 is 0 Å². The van der Waals surface area contributed by atoms with Gasteiger partial charge in [0.05, 0.1) is 30.6 Å². The van der Waals surface area contributed by atoms with Crippen molar-refractivity contribution in [1.82, 2.24) is 14.3 Å². The van der Waals surface area contributed by atoms with Crippen LogP contribution in [0.5, 0.6) is 5.75 Å². The molecule has 1 aromatic carbocycles. The van der Waals surface area contributed by atoms with Crippen molar-refractivity contribution in [2.24, 2.45) is 0 Å². The van der Waals surface area contributed by atoms with Crippen molar-refractivity contribution in [2.75, 3.05) is 19.5 Å². The molecule has 0 radical (unpaired) electrons. The lowest BCUT2D eigenvalue weighted by atomic mass is 10.2. The zero-order valence-electron chi connectivity index (χ0n) is 15.0. The van der Waals surface area contributed by atoms with Gasteiger partial charge in [-0.05, 0) is 37.3 Å². The van der Waals surface area contributed by atoms with Crippen LogP contribution in [-0.2, 0) is 11.3 Å². The van der Waals surface area contributed by atoms with Gasteiger partial charge in [-0.2, -0.15) is 10.4 Å². The number of carbonyl (C=O) groups is 1. The summed E-state index contributed by atoms with van der Waals surface area (Å²) in [5.74, 6) is 0.0757. The first kappa shape index (κ1) is 18.1. The van der Waals surface area contributed by atoms with Crippen LogP contribution in [0.2, 0.25) is 0 Å². The number of nitrogens with zero attached hydrogens (tertiary/aromatic N) is 4. The van der Waals surface area contributed by atoms with Gasteiger partial charge in [0.25, 0.3) is 0 Å². The summed E-state index contributed by atoms with van der Waals surface area (Å²) in [6, 6.07) is 11.0.